The molecule has 0 spiro atoms. The number of halogens is 1. The Balaban J connectivity index is 2.11. The highest BCUT2D eigenvalue weighted by molar-refractivity contribution is 5.98. The quantitative estimate of drug-likeness (QED) is 0.871. The van der Waals surface area contributed by atoms with Gasteiger partial charge in [-0.3, -0.25) is 4.79 Å². The molecule has 0 saturated heterocycles. The van der Waals surface area contributed by atoms with E-state index < -0.39 is 5.82 Å². The molecule has 0 aliphatic heterocycles. The van der Waals surface area contributed by atoms with E-state index in [2.05, 4.69) is 10.3 Å². The maximum atomic E-state index is 13.4. The van der Waals surface area contributed by atoms with E-state index in [1.165, 1.54) is 25.3 Å². The van der Waals surface area contributed by atoms with E-state index in [9.17, 15) is 9.18 Å². The number of rotatable bonds is 6. The predicted octanol–water partition coefficient (Wildman–Crippen LogP) is 2.91. The van der Waals surface area contributed by atoms with Crippen LogP contribution in [0.25, 0.3) is 0 Å². The summed E-state index contributed by atoms with van der Waals surface area (Å²) in [5.41, 5.74) is 0.320. The van der Waals surface area contributed by atoms with Crippen LogP contribution in [0.1, 0.15) is 43.0 Å². The zero-order chi connectivity index (χ0) is 14.5. The Kier molecular flexibility index (Phi) is 4.93. The summed E-state index contributed by atoms with van der Waals surface area (Å²) in [6.07, 6.45) is 5.67. The highest BCUT2D eigenvalue weighted by Gasteiger charge is 2.24. The van der Waals surface area contributed by atoms with Gasteiger partial charge in [-0.2, -0.15) is 0 Å². The molecule has 4 nitrogen and oxygen atoms in total. The van der Waals surface area contributed by atoms with Crippen LogP contribution in [0, 0.1) is 11.7 Å². The SMILES string of the molecule is CCCNc1ncc(F)cc1C(=O)N(C)CC1CCC1. The first-order chi connectivity index (χ1) is 9.61. The Morgan fingerprint density at radius 1 is 1.55 bits per heavy atom. The van der Waals surface area contributed by atoms with Crippen molar-refractivity contribution in [1.29, 1.82) is 0 Å². The maximum absolute atomic E-state index is 13.4. The summed E-state index contributed by atoms with van der Waals surface area (Å²) >= 11 is 0. The summed E-state index contributed by atoms with van der Waals surface area (Å²) in [6.45, 7) is 3.48. The summed E-state index contributed by atoms with van der Waals surface area (Å²) in [7, 11) is 1.77. The van der Waals surface area contributed by atoms with Crippen molar-refractivity contribution in [3.63, 3.8) is 0 Å². The lowest BCUT2D eigenvalue weighted by atomic mass is 9.85. The molecule has 1 N–H and O–H groups in total. The Bertz CT molecular complexity index is 474. The number of carbonyl (C=O) groups excluding carboxylic acids is 1. The van der Waals surface area contributed by atoms with Gasteiger partial charge in [0, 0.05) is 20.1 Å². The molecule has 1 heterocycles. The third-order valence-corrected chi connectivity index (χ3v) is 3.73. The first kappa shape index (κ1) is 14.8. The minimum absolute atomic E-state index is 0.164. The highest BCUT2D eigenvalue weighted by atomic mass is 19.1. The van der Waals surface area contributed by atoms with Crippen molar-refractivity contribution in [2.45, 2.75) is 32.6 Å². The van der Waals surface area contributed by atoms with E-state index in [-0.39, 0.29) is 5.91 Å². The van der Waals surface area contributed by atoms with Crippen LogP contribution in [-0.4, -0.2) is 35.9 Å². The number of pyridine rings is 1. The molecule has 1 amide bonds. The average Bonchev–Trinajstić information content (AvgIpc) is 2.40. The van der Waals surface area contributed by atoms with E-state index >= 15 is 0 Å². The van der Waals surface area contributed by atoms with Crippen LogP contribution >= 0.6 is 0 Å². The first-order valence-electron chi connectivity index (χ1n) is 7.26. The highest BCUT2D eigenvalue weighted by Crippen LogP contribution is 2.27. The lowest BCUT2D eigenvalue weighted by Crippen LogP contribution is -2.34. The number of amides is 1. The predicted molar refractivity (Wildman–Crippen MR) is 77.3 cm³/mol. The number of nitrogens with zero attached hydrogens (tertiary/aromatic N) is 2. The van der Waals surface area contributed by atoms with Gasteiger partial charge in [-0.05, 0) is 31.2 Å². The minimum Gasteiger partial charge on any atom is -0.369 e. The Hall–Kier alpha value is -1.65. The molecule has 0 radical (unpaired) electrons. The molecule has 110 valence electrons. The summed E-state index contributed by atoms with van der Waals surface area (Å²) < 4.78 is 13.4. The summed E-state index contributed by atoms with van der Waals surface area (Å²) in [4.78, 5) is 18.1. The van der Waals surface area contributed by atoms with Gasteiger partial charge in [0.25, 0.3) is 5.91 Å². The first-order valence-corrected chi connectivity index (χ1v) is 7.26. The van der Waals surface area contributed by atoms with Crippen LogP contribution in [0.15, 0.2) is 12.3 Å². The molecule has 1 saturated carbocycles. The fraction of sp³-hybridized carbons (Fsp3) is 0.600. The summed E-state index contributed by atoms with van der Waals surface area (Å²) in [6, 6.07) is 1.27. The van der Waals surface area contributed by atoms with E-state index in [1.807, 2.05) is 6.92 Å². The smallest absolute Gasteiger partial charge is 0.257 e. The second-order valence-corrected chi connectivity index (χ2v) is 5.46. The number of nitrogens with one attached hydrogen (secondary N) is 1. The van der Waals surface area contributed by atoms with Gasteiger partial charge in [0.15, 0.2) is 0 Å². The molecule has 1 aliphatic rings. The second-order valence-electron chi connectivity index (χ2n) is 5.46. The lowest BCUT2D eigenvalue weighted by molar-refractivity contribution is 0.0745. The molecule has 1 aliphatic carbocycles. The molecule has 0 aromatic carbocycles. The van der Waals surface area contributed by atoms with Gasteiger partial charge in [-0.25, -0.2) is 9.37 Å². The van der Waals surface area contributed by atoms with Crippen LogP contribution < -0.4 is 5.32 Å². The van der Waals surface area contributed by atoms with Gasteiger partial charge in [0.2, 0.25) is 0 Å². The molecule has 5 heteroatoms. The molecular formula is C15H22FN3O. The van der Waals surface area contributed by atoms with Crippen molar-refractivity contribution in [1.82, 2.24) is 9.88 Å². The van der Waals surface area contributed by atoms with Crippen LogP contribution in [0.5, 0.6) is 0 Å². The minimum atomic E-state index is -0.479. The maximum Gasteiger partial charge on any atom is 0.257 e. The summed E-state index contributed by atoms with van der Waals surface area (Å²) in [5.74, 6) is 0.422. The second kappa shape index (κ2) is 6.68. The van der Waals surface area contributed by atoms with Gasteiger partial charge in [0.05, 0.1) is 11.8 Å². The fourth-order valence-corrected chi connectivity index (χ4v) is 2.34. The van der Waals surface area contributed by atoms with Gasteiger partial charge in [-0.1, -0.05) is 13.3 Å². The molecule has 0 bridgehead atoms. The van der Waals surface area contributed by atoms with Crippen molar-refractivity contribution >= 4 is 11.7 Å². The summed E-state index contributed by atoms with van der Waals surface area (Å²) in [5, 5.41) is 3.08. The van der Waals surface area contributed by atoms with Crippen molar-refractivity contribution in [2.24, 2.45) is 5.92 Å². The molecule has 1 fully saturated rings. The number of carbonyl (C=O) groups is 1. The van der Waals surface area contributed by atoms with Crippen LogP contribution in [0.2, 0.25) is 0 Å². The van der Waals surface area contributed by atoms with Crippen molar-refractivity contribution in [3.05, 3.63) is 23.6 Å². The Morgan fingerprint density at radius 3 is 2.90 bits per heavy atom. The normalized spacial score (nSPS) is 14.8. The van der Waals surface area contributed by atoms with E-state index in [4.69, 9.17) is 0 Å². The number of aromatic nitrogens is 1. The zero-order valence-corrected chi connectivity index (χ0v) is 12.2. The van der Waals surface area contributed by atoms with Crippen molar-refractivity contribution in [3.8, 4) is 0 Å². The standard InChI is InChI=1S/C15H22FN3O/c1-3-7-17-14-13(8-12(16)9-18-14)15(20)19(2)10-11-5-4-6-11/h8-9,11H,3-7,10H2,1-2H3,(H,17,18). The number of hydrogen-bond acceptors (Lipinski definition) is 3. The van der Waals surface area contributed by atoms with Crippen molar-refractivity contribution in [2.75, 3.05) is 25.5 Å². The third kappa shape index (κ3) is 3.46. The molecule has 1 aromatic heterocycles. The number of anilines is 1. The monoisotopic (exact) mass is 279 g/mol. The van der Waals surface area contributed by atoms with E-state index in [0.29, 0.717) is 23.8 Å². The zero-order valence-electron chi connectivity index (χ0n) is 12.2. The Morgan fingerprint density at radius 2 is 2.30 bits per heavy atom. The molecule has 1 aromatic rings. The molecule has 2 rings (SSSR count). The van der Waals surface area contributed by atoms with Crippen molar-refractivity contribution < 1.29 is 9.18 Å². The van der Waals surface area contributed by atoms with Crippen LogP contribution in [-0.2, 0) is 0 Å². The van der Waals surface area contributed by atoms with E-state index in [1.54, 1.807) is 11.9 Å². The van der Waals surface area contributed by atoms with Gasteiger partial charge in [-0.15, -0.1) is 0 Å². The fourth-order valence-electron chi connectivity index (χ4n) is 2.34. The van der Waals surface area contributed by atoms with Crippen LogP contribution in [0.3, 0.4) is 0 Å². The average molecular weight is 279 g/mol. The Labute approximate surface area is 119 Å². The lowest BCUT2D eigenvalue weighted by Gasteiger charge is -2.30. The van der Waals surface area contributed by atoms with Crippen LogP contribution in [0.4, 0.5) is 10.2 Å². The molecule has 20 heavy (non-hydrogen) atoms. The largest absolute Gasteiger partial charge is 0.369 e. The molecule has 0 atom stereocenters. The third-order valence-electron chi connectivity index (χ3n) is 3.73. The molecule has 0 unspecified atom stereocenters. The van der Waals surface area contributed by atoms with E-state index in [0.717, 1.165) is 19.2 Å². The van der Waals surface area contributed by atoms with Gasteiger partial charge in [0.1, 0.15) is 11.6 Å². The molecular weight excluding hydrogens is 257 g/mol. The van der Waals surface area contributed by atoms with Gasteiger partial charge >= 0.3 is 0 Å². The van der Waals surface area contributed by atoms with Gasteiger partial charge < -0.3 is 10.2 Å². The number of hydrogen-bond donors (Lipinski definition) is 1. The topological polar surface area (TPSA) is 45.2 Å².